The van der Waals surface area contributed by atoms with Crippen LogP contribution in [0.3, 0.4) is 0 Å². The quantitative estimate of drug-likeness (QED) is 0.877. The summed E-state index contributed by atoms with van der Waals surface area (Å²) in [5.74, 6) is 1.61. The van der Waals surface area contributed by atoms with Crippen LogP contribution in [0, 0.1) is 0 Å². The van der Waals surface area contributed by atoms with Crippen LogP contribution in [0.25, 0.3) is 0 Å². The normalized spacial score (nSPS) is 17.3. The van der Waals surface area contributed by atoms with Crippen molar-refractivity contribution >= 4 is 23.4 Å². The van der Waals surface area contributed by atoms with E-state index in [0.717, 1.165) is 30.1 Å². The van der Waals surface area contributed by atoms with Gasteiger partial charge in [0.2, 0.25) is 5.88 Å². The second-order valence-corrected chi connectivity index (χ2v) is 6.64. The molecule has 1 amide bonds. The topological polar surface area (TPSA) is 51.2 Å². The molecule has 4 nitrogen and oxygen atoms in total. The van der Waals surface area contributed by atoms with Crippen LogP contribution in [-0.2, 0) is 6.18 Å². The van der Waals surface area contributed by atoms with Gasteiger partial charge in [-0.3, -0.25) is 4.79 Å². The second kappa shape index (κ2) is 7.35. The highest BCUT2D eigenvalue weighted by Gasteiger charge is 2.30. The number of rotatable bonds is 4. The van der Waals surface area contributed by atoms with Gasteiger partial charge in [-0.05, 0) is 48.6 Å². The van der Waals surface area contributed by atoms with Crippen molar-refractivity contribution in [3.05, 3.63) is 53.7 Å². The average molecular weight is 368 g/mol. The van der Waals surface area contributed by atoms with E-state index in [4.69, 9.17) is 4.74 Å². The molecule has 2 heterocycles. The van der Waals surface area contributed by atoms with Crippen LogP contribution in [0.4, 0.5) is 18.9 Å². The van der Waals surface area contributed by atoms with Gasteiger partial charge in [-0.25, -0.2) is 4.98 Å². The minimum Gasteiger partial charge on any atom is -0.473 e. The Morgan fingerprint density at radius 3 is 2.64 bits per heavy atom. The minimum absolute atomic E-state index is 0.0116. The number of nitrogens with one attached hydrogen (secondary N) is 1. The molecule has 132 valence electrons. The van der Waals surface area contributed by atoms with Crippen LogP contribution in [0.15, 0.2) is 42.6 Å². The van der Waals surface area contributed by atoms with Gasteiger partial charge >= 0.3 is 6.18 Å². The number of carbonyl (C=O) groups is 1. The Morgan fingerprint density at radius 2 is 2.00 bits per heavy atom. The van der Waals surface area contributed by atoms with Gasteiger partial charge in [0.05, 0.1) is 5.56 Å². The molecule has 0 bridgehead atoms. The summed E-state index contributed by atoms with van der Waals surface area (Å²) in [5, 5.41) is 2.57. The number of hydrogen-bond acceptors (Lipinski definition) is 4. The number of carbonyl (C=O) groups excluding carboxylic acids is 1. The minimum atomic E-state index is -4.41. The fraction of sp³-hybridized carbons (Fsp3) is 0.294. The first-order chi connectivity index (χ1) is 11.9. The molecule has 8 heteroatoms. The summed E-state index contributed by atoms with van der Waals surface area (Å²) in [4.78, 5) is 16.5. The molecule has 1 fully saturated rings. The number of aromatic nitrogens is 1. The van der Waals surface area contributed by atoms with E-state index in [1.54, 1.807) is 23.9 Å². The Balaban J connectivity index is 1.72. The van der Waals surface area contributed by atoms with Gasteiger partial charge in [-0.2, -0.15) is 24.9 Å². The zero-order chi connectivity index (χ0) is 17.9. The summed E-state index contributed by atoms with van der Waals surface area (Å²) in [6, 6.07) is 7.45. The monoisotopic (exact) mass is 368 g/mol. The first-order valence-corrected chi connectivity index (χ1v) is 8.77. The maximum absolute atomic E-state index is 12.6. The third-order valence-electron chi connectivity index (χ3n) is 3.65. The molecule has 0 aliphatic carbocycles. The van der Waals surface area contributed by atoms with Gasteiger partial charge < -0.3 is 10.1 Å². The van der Waals surface area contributed by atoms with Gasteiger partial charge in [0.25, 0.3) is 5.91 Å². The van der Waals surface area contributed by atoms with Crippen LogP contribution in [0.2, 0.25) is 0 Å². The number of benzene rings is 1. The van der Waals surface area contributed by atoms with Crippen LogP contribution in [0.1, 0.15) is 22.3 Å². The number of thioether (sulfide) groups is 1. The standard InChI is InChI=1S/C17H15F3N2O2S/c18-17(19,20)11-3-5-12(6-4-11)22-15(23)14-2-1-8-21-16(14)24-13-7-9-25-10-13/h1-6,8,13H,7,9-10H2,(H,22,23). The van der Waals surface area contributed by atoms with Crippen LogP contribution < -0.4 is 10.1 Å². The van der Waals surface area contributed by atoms with Crippen molar-refractivity contribution < 1.29 is 22.7 Å². The van der Waals surface area contributed by atoms with Gasteiger partial charge in [-0.1, -0.05) is 0 Å². The number of hydrogen-bond donors (Lipinski definition) is 1. The molecule has 0 saturated carbocycles. The smallest absolute Gasteiger partial charge is 0.416 e. The van der Waals surface area contributed by atoms with Crippen LogP contribution >= 0.6 is 11.8 Å². The van der Waals surface area contributed by atoms with E-state index in [9.17, 15) is 18.0 Å². The summed E-state index contributed by atoms with van der Waals surface area (Å²) in [7, 11) is 0. The maximum atomic E-state index is 12.6. The van der Waals surface area contributed by atoms with E-state index in [0.29, 0.717) is 0 Å². The predicted molar refractivity (Wildman–Crippen MR) is 90.0 cm³/mol. The van der Waals surface area contributed by atoms with Crippen LogP contribution in [-0.4, -0.2) is 28.5 Å². The molecule has 3 rings (SSSR count). The molecular formula is C17H15F3N2O2S. The van der Waals surface area contributed by atoms with Crippen molar-refractivity contribution in [2.75, 3.05) is 16.8 Å². The average Bonchev–Trinajstić information content (AvgIpc) is 3.08. The molecule has 1 aliphatic heterocycles. The first kappa shape index (κ1) is 17.6. The third kappa shape index (κ3) is 4.45. The fourth-order valence-corrected chi connectivity index (χ4v) is 3.46. The largest absolute Gasteiger partial charge is 0.473 e. The Hall–Kier alpha value is -2.22. The first-order valence-electron chi connectivity index (χ1n) is 7.61. The Kier molecular flexibility index (Phi) is 5.17. The van der Waals surface area contributed by atoms with Crippen molar-refractivity contribution in [1.82, 2.24) is 4.98 Å². The van der Waals surface area contributed by atoms with E-state index in [-0.39, 0.29) is 23.2 Å². The molecule has 1 unspecified atom stereocenters. The van der Waals surface area contributed by atoms with E-state index in [2.05, 4.69) is 10.3 Å². The molecular weight excluding hydrogens is 353 g/mol. The Labute approximate surface area is 146 Å². The van der Waals surface area contributed by atoms with Gasteiger partial charge in [-0.15, -0.1) is 0 Å². The highest BCUT2D eigenvalue weighted by Crippen LogP contribution is 2.30. The van der Waals surface area contributed by atoms with E-state index in [1.807, 2.05) is 0 Å². The summed E-state index contributed by atoms with van der Waals surface area (Å²) in [6.45, 7) is 0. The highest BCUT2D eigenvalue weighted by atomic mass is 32.2. The molecule has 1 saturated heterocycles. The summed E-state index contributed by atoms with van der Waals surface area (Å²) in [5.41, 5.74) is -0.252. The van der Waals surface area contributed by atoms with Crippen molar-refractivity contribution in [2.24, 2.45) is 0 Å². The van der Waals surface area contributed by atoms with Crippen LogP contribution in [0.5, 0.6) is 5.88 Å². The maximum Gasteiger partial charge on any atom is 0.416 e. The van der Waals surface area contributed by atoms with Gasteiger partial charge in [0.1, 0.15) is 11.7 Å². The Bertz CT molecular complexity index is 744. The van der Waals surface area contributed by atoms with E-state index < -0.39 is 17.6 Å². The molecule has 25 heavy (non-hydrogen) atoms. The second-order valence-electron chi connectivity index (χ2n) is 5.49. The van der Waals surface area contributed by atoms with Crippen molar-refractivity contribution in [1.29, 1.82) is 0 Å². The lowest BCUT2D eigenvalue weighted by Crippen LogP contribution is -2.20. The third-order valence-corrected chi connectivity index (χ3v) is 4.78. The molecule has 1 atom stereocenters. The van der Waals surface area contributed by atoms with E-state index >= 15 is 0 Å². The SMILES string of the molecule is O=C(Nc1ccc(C(F)(F)F)cc1)c1cccnc1OC1CCSC1. The molecule has 1 aliphatic rings. The van der Waals surface area contributed by atoms with Crippen molar-refractivity contribution in [2.45, 2.75) is 18.7 Å². The lowest BCUT2D eigenvalue weighted by atomic mass is 10.2. The summed E-state index contributed by atoms with van der Waals surface area (Å²) < 4.78 is 43.5. The number of ether oxygens (including phenoxy) is 1. The fourth-order valence-electron chi connectivity index (χ4n) is 2.36. The summed E-state index contributed by atoms with van der Waals surface area (Å²) >= 11 is 1.78. The highest BCUT2D eigenvalue weighted by molar-refractivity contribution is 7.99. The van der Waals surface area contributed by atoms with E-state index in [1.165, 1.54) is 18.3 Å². The lowest BCUT2D eigenvalue weighted by Gasteiger charge is -2.14. The lowest BCUT2D eigenvalue weighted by molar-refractivity contribution is -0.137. The number of halogens is 3. The molecule has 0 spiro atoms. The number of anilines is 1. The van der Waals surface area contributed by atoms with Crippen molar-refractivity contribution in [3.8, 4) is 5.88 Å². The summed E-state index contributed by atoms with van der Waals surface area (Å²) in [6.07, 6.45) is -1.97. The zero-order valence-electron chi connectivity index (χ0n) is 13.0. The Morgan fingerprint density at radius 1 is 1.24 bits per heavy atom. The molecule has 1 aromatic carbocycles. The van der Waals surface area contributed by atoms with Crippen molar-refractivity contribution in [3.63, 3.8) is 0 Å². The zero-order valence-corrected chi connectivity index (χ0v) is 13.9. The number of pyridine rings is 1. The molecule has 1 N–H and O–H groups in total. The predicted octanol–water partition coefficient (Wildman–Crippen LogP) is 4.24. The number of alkyl halides is 3. The molecule has 2 aromatic rings. The molecule has 0 radical (unpaired) electrons. The molecule has 1 aromatic heterocycles. The number of amides is 1. The van der Waals surface area contributed by atoms with Gasteiger partial charge in [0, 0.05) is 17.6 Å². The van der Waals surface area contributed by atoms with Gasteiger partial charge in [0.15, 0.2) is 0 Å². The number of nitrogens with zero attached hydrogens (tertiary/aromatic N) is 1.